The zero-order chi connectivity index (χ0) is 14.3. The summed E-state index contributed by atoms with van der Waals surface area (Å²) in [5.41, 5.74) is 0. The van der Waals surface area contributed by atoms with Crippen molar-refractivity contribution in [2.45, 2.75) is 43.9 Å². The van der Waals surface area contributed by atoms with Crippen molar-refractivity contribution in [3.05, 3.63) is 0 Å². The highest BCUT2D eigenvalue weighted by Gasteiger charge is 2.45. The fraction of sp³-hybridized carbons (Fsp3) is 1.00. The summed E-state index contributed by atoms with van der Waals surface area (Å²) in [4.78, 5) is 1.19. The van der Waals surface area contributed by atoms with Crippen LogP contribution in [0.5, 0.6) is 0 Å². The minimum atomic E-state index is -4.24. The predicted octanol–water partition coefficient (Wildman–Crippen LogP) is 1.34. The number of piperidine rings is 1. The number of sulfonamides is 1. The van der Waals surface area contributed by atoms with Gasteiger partial charge in [-0.2, -0.15) is 13.2 Å². The lowest BCUT2D eigenvalue weighted by atomic mass is 9.99. The summed E-state index contributed by atoms with van der Waals surface area (Å²) in [6.07, 6.45) is -2.20. The van der Waals surface area contributed by atoms with Crippen LogP contribution in [-0.4, -0.2) is 50.9 Å². The number of likely N-dealkylation sites (N-methyl/N-ethyl adjacent to an activating group) is 1. The van der Waals surface area contributed by atoms with Crippen LogP contribution < -0.4 is 4.72 Å². The molecular weight excluding hydrogens is 281 g/mol. The maximum atomic E-state index is 12.7. The molecule has 8 heteroatoms. The molecule has 0 radical (unpaired) electrons. The summed E-state index contributed by atoms with van der Waals surface area (Å²) >= 11 is 0. The second-order valence-electron chi connectivity index (χ2n) is 5.61. The molecule has 19 heavy (non-hydrogen) atoms. The lowest BCUT2D eigenvalue weighted by molar-refractivity contribution is -0.188. The van der Waals surface area contributed by atoms with E-state index in [2.05, 4.69) is 4.72 Å². The Bertz CT molecular complexity index is 420. The van der Waals surface area contributed by atoms with Gasteiger partial charge in [-0.3, -0.25) is 4.90 Å². The average molecular weight is 300 g/mol. The van der Waals surface area contributed by atoms with Crippen LogP contribution in [-0.2, 0) is 10.0 Å². The van der Waals surface area contributed by atoms with Gasteiger partial charge < -0.3 is 0 Å². The van der Waals surface area contributed by atoms with Crippen LogP contribution in [0.25, 0.3) is 0 Å². The van der Waals surface area contributed by atoms with Crippen molar-refractivity contribution in [1.29, 1.82) is 0 Å². The number of likely N-dealkylation sites (tertiary alicyclic amines) is 1. The van der Waals surface area contributed by atoms with E-state index in [-0.39, 0.29) is 31.1 Å². The first kappa shape index (κ1) is 15.1. The van der Waals surface area contributed by atoms with Gasteiger partial charge in [-0.05, 0) is 38.6 Å². The van der Waals surface area contributed by atoms with E-state index in [9.17, 15) is 21.6 Å². The Labute approximate surface area is 111 Å². The van der Waals surface area contributed by atoms with Crippen molar-refractivity contribution in [2.24, 2.45) is 5.92 Å². The van der Waals surface area contributed by atoms with Crippen LogP contribution in [0, 0.1) is 5.92 Å². The van der Waals surface area contributed by atoms with E-state index >= 15 is 0 Å². The standard InChI is InChI=1S/C11H19F3N2O2S/c1-16-6-9(4-5-10(16)11(12,13)14)15-19(17,18)7-8-2-3-8/h8-10,15H,2-7H2,1H3/t9-,10+/m1/s1. The van der Waals surface area contributed by atoms with E-state index in [1.807, 2.05) is 0 Å². The fourth-order valence-corrected chi connectivity index (χ4v) is 4.30. The number of halogens is 3. The van der Waals surface area contributed by atoms with Crippen LogP contribution in [0.2, 0.25) is 0 Å². The summed E-state index contributed by atoms with van der Waals surface area (Å²) in [5.74, 6) is 0.345. The first-order chi connectivity index (χ1) is 8.67. The molecule has 0 spiro atoms. The molecule has 2 rings (SSSR count). The number of nitrogens with one attached hydrogen (secondary N) is 1. The molecule has 1 N–H and O–H groups in total. The highest BCUT2D eigenvalue weighted by Crippen LogP contribution is 2.32. The quantitative estimate of drug-likeness (QED) is 0.852. The van der Waals surface area contributed by atoms with Gasteiger partial charge in [0.15, 0.2) is 0 Å². The highest BCUT2D eigenvalue weighted by atomic mass is 32.2. The molecule has 1 heterocycles. The van der Waals surface area contributed by atoms with Gasteiger partial charge in [-0.25, -0.2) is 13.1 Å². The number of hydrogen-bond donors (Lipinski definition) is 1. The summed E-state index contributed by atoms with van der Waals surface area (Å²) in [7, 11) is -1.96. The Hall–Kier alpha value is -0.340. The first-order valence-electron chi connectivity index (χ1n) is 6.44. The molecule has 1 saturated carbocycles. The molecule has 112 valence electrons. The number of nitrogens with zero attached hydrogens (tertiary/aromatic N) is 1. The van der Waals surface area contributed by atoms with Gasteiger partial charge in [0.25, 0.3) is 0 Å². The summed E-state index contributed by atoms with van der Waals surface area (Å²) < 4.78 is 64.1. The third kappa shape index (κ3) is 4.32. The van der Waals surface area contributed by atoms with Gasteiger partial charge >= 0.3 is 6.18 Å². The zero-order valence-electron chi connectivity index (χ0n) is 10.8. The summed E-state index contributed by atoms with van der Waals surface area (Å²) in [6.45, 7) is 0.105. The van der Waals surface area contributed by atoms with E-state index in [4.69, 9.17) is 0 Å². The fourth-order valence-electron chi connectivity index (χ4n) is 2.55. The second kappa shape index (κ2) is 5.21. The Balaban J connectivity index is 1.87. The molecule has 2 atom stereocenters. The van der Waals surface area contributed by atoms with Crippen molar-refractivity contribution >= 4 is 10.0 Å². The normalized spacial score (nSPS) is 30.5. The van der Waals surface area contributed by atoms with Gasteiger partial charge in [-0.15, -0.1) is 0 Å². The molecule has 0 aromatic heterocycles. The minimum Gasteiger partial charge on any atom is -0.294 e. The molecule has 0 aromatic rings. The Morgan fingerprint density at radius 3 is 2.32 bits per heavy atom. The molecule has 4 nitrogen and oxygen atoms in total. The van der Waals surface area contributed by atoms with Gasteiger partial charge in [0.2, 0.25) is 10.0 Å². The van der Waals surface area contributed by atoms with Gasteiger partial charge in [0, 0.05) is 12.6 Å². The third-order valence-electron chi connectivity index (χ3n) is 3.71. The van der Waals surface area contributed by atoms with Crippen molar-refractivity contribution in [2.75, 3.05) is 19.3 Å². The second-order valence-corrected chi connectivity index (χ2v) is 7.41. The smallest absolute Gasteiger partial charge is 0.294 e. The Morgan fingerprint density at radius 1 is 1.21 bits per heavy atom. The average Bonchev–Trinajstić information content (AvgIpc) is 2.97. The first-order valence-corrected chi connectivity index (χ1v) is 8.09. The highest BCUT2D eigenvalue weighted by molar-refractivity contribution is 7.89. The minimum absolute atomic E-state index is 0.0589. The van der Waals surface area contributed by atoms with Crippen molar-refractivity contribution in [3.8, 4) is 0 Å². The largest absolute Gasteiger partial charge is 0.404 e. The van der Waals surface area contributed by atoms with Crippen molar-refractivity contribution in [1.82, 2.24) is 9.62 Å². The van der Waals surface area contributed by atoms with Crippen LogP contribution in [0.4, 0.5) is 13.2 Å². The van der Waals surface area contributed by atoms with E-state index in [1.165, 1.54) is 11.9 Å². The van der Waals surface area contributed by atoms with E-state index in [1.54, 1.807) is 0 Å². The van der Waals surface area contributed by atoms with Crippen LogP contribution >= 0.6 is 0 Å². The Morgan fingerprint density at radius 2 is 1.84 bits per heavy atom. The van der Waals surface area contributed by atoms with Gasteiger partial charge in [0.1, 0.15) is 6.04 Å². The third-order valence-corrected chi connectivity index (χ3v) is 5.31. The van der Waals surface area contributed by atoms with Gasteiger partial charge in [-0.1, -0.05) is 0 Å². The summed E-state index contributed by atoms with van der Waals surface area (Å²) in [6, 6.07) is -1.87. The number of alkyl halides is 3. The van der Waals surface area contributed by atoms with E-state index in [0.717, 1.165) is 12.8 Å². The molecule has 1 aliphatic heterocycles. The van der Waals surface area contributed by atoms with E-state index in [0.29, 0.717) is 0 Å². The maximum absolute atomic E-state index is 12.7. The lowest BCUT2D eigenvalue weighted by Gasteiger charge is -2.38. The molecule has 2 fully saturated rings. The van der Waals surface area contributed by atoms with Crippen LogP contribution in [0.15, 0.2) is 0 Å². The molecular formula is C11H19F3N2O2S. The zero-order valence-corrected chi connectivity index (χ0v) is 11.6. The number of rotatable bonds is 4. The Kier molecular flexibility index (Phi) is 4.13. The van der Waals surface area contributed by atoms with Crippen LogP contribution in [0.1, 0.15) is 25.7 Å². The van der Waals surface area contributed by atoms with Crippen molar-refractivity contribution < 1.29 is 21.6 Å². The monoisotopic (exact) mass is 300 g/mol. The summed E-state index contributed by atoms with van der Waals surface area (Å²) in [5, 5.41) is 0. The molecule has 0 bridgehead atoms. The van der Waals surface area contributed by atoms with E-state index < -0.39 is 28.3 Å². The maximum Gasteiger partial charge on any atom is 0.404 e. The molecule has 0 amide bonds. The number of hydrogen-bond acceptors (Lipinski definition) is 3. The topological polar surface area (TPSA) is 49.4 Å². The SMILES string of the molecule is CN1C[C@H](NS(=O)(=O)CC2CC2)CC[C@H]1C(F)(F)F. The molecule has 2 aliphatic rings. The van der Waals surface area contributed by atoms with Gasteiger partial charge in [0.05, 0.1) is 5.75 Å². The predicted molar refractivity (Wildman–Crippen MR) is 65.1 cm³/mol. The lowest BCUT2D eigenvalue weighted by Crippen LogP contribution is -2.55. The van der Waals surface area contributed by atoms with Crippen LogP contribution in [0.3, 0.4) is 0 Å². The molecule has 1 aliphatic carbocycles. The molecule has 1 saturated heterocycles. The van der Waals surface area contributed by atoms with Crippen molar-refractivity contribution in [3.63, 3.8) is 0 Å². The molecule has 0 aromatic carbocycles. The molecule has 0 unspecified atom stereocenters.